The fraction of sp³-hybridized carbons (Fsp3) is 0.567. The summed E-state index contributed by atoms with van der Waals surface area (Å²) in [6.45, 7) is 9.78. The summed E-state index contributed by atoms with van der Waals surface area (Å²) in [4.78, 5) is 10.7. The molecule has 2 rings (SSSR count). The molecule has 1 aromatic carbocycles. The predicted molar refractivity (Wildman–Crippen MR) is 145 cm³/mol. The number of hydrogen-bond donors (Lipinski definition) is 5. The Kier molecular flexibility index (Phi) is 12.0. The zero-order valence-electron chi connectivity index (χ0n) is 22.8. The van der Waals surface area contributed by atoms with Gasteiger partial charge in [0.15, 0.2) is 0 Å². The van der Waals surface area contributed by atoms with E-state index in [1.807, 2.05) is 26.8 Å². The van der Waals surface area contributed by atoms with Crippen molar-refractivity contribution in [2.75, 3.05) is 6.61 Å². The third-order valence-corrected chi connectivity index (χ3v) is 7.26. The zero-order valence-corrected chi connectivity index (χ0v) is 22.8. The van der Waals surface area contributed by atoms with Gasteiger partial charge in [-0.15, -0.1) is 0 Å². The van der Waals surface area contributed by atoms with Gasteiger partial charge in [0.1, 0.15) is 30.2 Å². The predicted octanol–water partition coefficient (Wildman–Crippen LogP) is 4.97. The summed E-state index contributed by atoms with van der Waals surface area (Å²) >= 11 is 0. The van der Waals surface area contributed by atoms with E-state index in [0.717, 1.165) is 42.4 Å². The van der Waals surface area contributed by atoms with Gasteiger partial charge in [-0.1, -0.05) is 34.9 Å². The SMILES string of the molecule is C/C(=C/Cc1cc([C@@H]2OC[C@@H](O)[C@H](O)[C@H]2O)c(C)c(C)c1O)CC/C=C(\C)CC/C=C(\C)CCC(=O)O. The molecule has 5 N–H and O–H groups in total. The quantitative estimate of drug-likeness (QED) is 0.248. The van der Waals surface area contributed by atoms with Gasteiger partial charge in [-0.25, -0.2) is 0 Å². The Morgan fingerprint density at radius 3 is 2.05 bits per heavy atom. The van der Waals surface area contributed by atoms with Crippen molar-refractivity contribution < 1.29 is 35.1 Å². The van der Waals surface area contributed by atoms with Crippen molar-refractivity contribution in [1.82, 2.24) is 0 Å². The average Bonchev–Trinajstić information content (AvgIpc) is 2.85. The Morgan fingerprint density at radius 2 is 1.46 bits per heavy atom. The summed E-state index contributed by atoms with van der Waals surface area (Å²) in [6.07, 6.45) is 7.00. The molecule has 0 aliphatic carbocycles. The maximum atomic E-state index is 10.7. The van der Waals surface area contributed by atoms with Crippen LogP contribution in [-0.2, 0) is 16.0 Å². The first-order valence-corrected chi connectivity index (χ1v) is 13.1. The lowest BCUT2D eigenvalue weighted by Crippen LogP contribution is -2.49. The monoisotopic (exact) mass is 516 g/mol. The fourth-order valence-electron chi connectivity index (χ4n) is 4.52. The van der Waals surface area contributed by atoms with E-state index in [2.05, 4.69) is 32.1 Å². The molecule has 37 heavy (non-hydrogen) atoms. The molecule has 1 saturated heterocycles. The average molecular weight is 517 g/mol. The number of carbonyl (C=O) groups is 1. The van der Waals surface area contributed by atoms with Crippen LogP contribution in [0.15, 0.2) is 41.0 Å². The first-order chi connectivity index (χ1) is 17.4. The molecule has 7 heteroatoms. The summed E-state index contributed by atoms with van der Waals surface area (Å²) in [6, 6.07) is 1.83. The van der Waals surface area contributed by atoms with Crippen molar-refractivity contribution in [3.63, 3.8) is 0 Å². The number of aliphatic carboxylic acids is 1. The van der Waals surface area contributed by atoms with Gasteiger partial charge in [-0.05, 0) is 101 Å². The normalized spacial score (nSPS) is 23.4. The number of ether oxygens (including phenoxy) is 1. The van der Waals surface area contributed by atoms with Crippen LogP contribution in [0, 0.1) is 13.8 Å². The van der Waals surface area contributed by atoms with Gasteiger partial charge in [0.25, 0.3) is 0 Å². The molecule has 0 aromatic heterocycles. The largest absolute Gasteiger partial charge is 0.507 e. The molecule has 1 aliphatic heterocycles. The molecule has 0 radical (unpaired) electrons. The minimum atomic E-state index is -1.29. The summed E-state index contributed by atoms with van der Waals surface area (Å²) in [5.74, 6) is -0.545. The molecule has 1 aliphatic rings. The standard InChI is InChI=1S/C30H44O7/c1-18(9-7-11-20(3)13-15-26(32)33)8-6-10-19(2)12-14-23-16-24(21(4)22(5)27(23)34)30-29(36)28(35)25(31)17-37-30/h8,11-12,16,25,28-31,34-36H,6-7,9-10,13-15,17H2,1-5H3,(H,32,33)/b18-8+,19-12-,20-11+/t25-,28+,29-,30+/m1/s1. The molecular formula is C30H44O7. The summed E-state index contributed by atoms with van der Waals surface area (Å²) < 4.78 is 5.66. The van der Waals surface area contributed by atoms with Crippen LogP contribution in [-0.4, -0.2) is 56.4 Å². The van der Waals surface area contributed by atoms with Gasteiger partial charge in [0, 0.05) is 6.42 Å². The summed E-state index contributed by atoms with van der Waals surface area (Å²) in [5.41, 5.74) is 6.57. The lowest BCUT2D eigenvalue weighted by Gasteiger charge is -2.36. The first kappa shape index (κ1) is 30.8. The van der Waals surface area contributed by atoms with Crippen molar-refractivity contribution in [2.45, 2.75) is 104 Å². The number of rotatable bonds is 12. The van der Waals surface area contributed by atoms with Crippen LogP contribution < -0.4 is 0 Å². The van der Waals surface area contributed by atoms with E-state index in [9.17, 15) is 25.2 Å². The van der Waals surface area contributed by atoms with Gasteiger partial charge in [-0.3, -0.25) is 4.79 Å². The maximum Gasteiger partial charge on any atom is 0.303 e. The number of aliphatic hydroxyl groups excluding tert-OH is 3. The molecule has 7 nitrogen and oxygen atoms in total. The summed E-state index contributed by atoms with van der Waals surface area (Å²) in [5, 5.41) is 49.9. The van der Waals surface area contributed by atoms with E-state index >= 15 is 0 Å². The van der Waals surface area contributed by atoms with Gasteiger partial charge in [0.05, 0.1) is 6.61 Å². The van der Waals surface area contributed by atoms with Crippen LogP contribution in [0.5, 0.6) is 5.75 Å². The van der Waals surface area contributed by atoms with Crippen LogP contribution >= 0.6 is 0 Å². The third-order valence-electron chi connectivity index (χ3n) is 7.26. The van der Waals surface area contributed by atoms with Crippen LogP contribution in [0.3, 0.4) is 0 Å². The Labute approximate surface area is 220 Å². The van der Waals surface area contributed by atoms with Gasteiger partial charge >= 0.3 is 5.97 Å². The highest BCUT2D eigenvalue weighted by molar-refractivity contribution is 5.67. The van der Waals surface area contributed by atoms with Crippen LogP contribution in [0.25, 0.3) is 0 Å². The Bertz CT molecular complexity index is 1020. The second-order valence-corrected chi connectivity index (χ2v) is 10.4. The Morgan fingerprint density at radius 1 is 0.892 bits per heavy atom. The van der Waals surface area contributed by atoms with Crippen LogP contribution in [0.4, 0.5) is 0 Å². The minimum absolute atomic E-state index is 0.0653. The highest BCUT2D eigenvalue weighted by Gasteiger charge is 2.39. The van der Waals surface area contributed by atoms with Gasteiger partial charge in [-0.2, -0.15) is 0 Å². The molecular weight excluding hydrogens is 472 g/mol. The van der Waals surface area contributed by atoms with Crippen LogP contribution in [0.1, 0.15) is 87.7 Å². The number of aliphatic hydroxyl groups is 3. The number of hydrogen-bond acceptors (Lipinski definition) is 6. The topological polar surface area (TPSA) is 127 Å². The highest BCUT2D eigenvalue weighted by atomic mass is 16.5. The summed E-state index contributed by atoms with van der Waals surface area (Å²) in [7, 11) is 0. The zero-order chi connectivity index (χ0) is 27.7. The first-order valence-electron chi connectivity index (χ1n) is 13.1. The third kappa shape index (κ3) is 9.11. The Balaban J connectivity index is 1.97. The van der Waals surface area contributed by atoms with Gasteiger partial charge < -0.3 is 30.3 Å². The highest BCUT2D eigenvalue weighted by Crippen LogP contribution is 2.37. The van der Waals surface area contributed by atoms with E-state index in [1.54, 1.807) is 0 Å². The number of phenolic OH excluding ortho intramolecular Hbond substituents is 1. The van der Waals surface area contributed by atoms with Gasteiger partial charge in [0.2, 0.25) is 0 Å². The van der Waals surface area contributed by atoms with Crippen molar-refractivity contribution in [3.05, 3.63) is 63.3 Å². The number of aromatic hydroxyl groups is 1. The number of carboxylic acids is 1. The number of carboxylic acid groups (broad SMARTS) is 1. The molecule has 0 unspecified atom stereocenters. The molecule has 4 atom stereocenters. The number of benzene rings is 1. The molecule has 1 aromatic rings. The fourth-order valence-corrected chi connectivity index (χ4v) is 4.52. The molecule has 0 amide bonds. The van der Waals surface area contributed by atoms with Crippen molar-refractivity contribution in [2.24, 2.45) is 0 Å². The van der Waals surface area contributed by atoms with Crippen molar-refractivity contribution in [3.8, 4) is 5.75 Å². The van der Waals surface area contributed by atoms with E-state index in [-0.39, 0.29) is 18.8 Å². The maximum absolute atomic E-state index is 10.7. The lowest BCUT2D eigenvalue weighted by molar-refractivity contribution is -0.189. The molecule has 1 fully saturated rings. The molecule has 0 saturated carbocycles. The van der Waals surface area contributed by atoms with E-state index in [4.69, 9.17) is 9.84 Å². The van der Waals surface area contributed by atoms with Crippen LogP contribution in [0.2, 0.25) is 0 Å². The van der Waals surface area contributed by atoms with E-state index in [0.29, 0.717) is 24.0 Å². The number of phenols is 1. The molecule has 1 heterocycles. The molecule has 0 spiro atoms. The van der Waals surface area contributed by atoms with E-state index < -0.39 is 30.4 Å². The van der Waals surface area contributed by atoms with Crippen molar-refractivity contribution in [1.29, 1.82) is 0 Å². The molecule has 206 valence electrons. The lowest BCUT2D eigenvalue weighted by atomic mass is 9.88. The van der Waals surface area contributed by atoms with E-state index in [1.165, 1.54) is 11.1 Å². The second-order valence-electron chi connectivity index (χ2n) is 10.4. The Hall–Kier alpha value is -2.45. The second kappa shape index (κ2) is 14.5. The number of allylic oxidation sites excluding steroid dienone is 6. The van der Waals surface area contributed by atoms with Crippen molar-refractivity contribution >= 4 is 5.97 Å². The smallest absolute Gasteiger partial charge is 0.303 e. The molecule has 0 bridgehead atoms. The minimum Gasteiger partial charge on any atom is -0.507 e.